The van der Waals surface area contributed by atoms with Crippen LogP contribution >= 0.6 is 0 Å². The Morgan fingerprint density at radius 3 is 2.63 bits per heavy atom. The number of amides is 1. The van der Waals surface area contributed by atoms with Gasteiger partial charge in [-0.15, -0.1) is 0 Å². The lowest BCUT2D eigenvalue weighted by Crippen LogP contribution is -2.45. The predicted molar refractivity (Wildman–Crippen MR) is 113 cm³/mol. The third kappa shape index (κ3) is 7.32. The molecule has 6 heteroatoms. The number of hydrogen-bond acceptors (Lipinski definition) is 3. The van der Waals surface area contributed by atoms with E-state index in [-0.39, 0.29) is 11.8 Å². The first-order valence-corrected chi connectivity index (χ1v) is 11.0. The zero-order chi connectivity index (χ0) is 19.6. The molecule has 0 aromatic carbocycles. The van der Waals surface area contributed by atoms with E-state index in [0.717, 1.165) is 57.6 Å². The van der Waals surface area contributed by atoms with Crippen molar-refractivity contribution < 1.29 is 4.79 Å². The van der Waals surface area contributed by atoms with Crippen molar-refractivity contribution in [3.8, 4) is 0 Å². The lowest BCUT2D eigenvalue weighted by atomic mass is 9.94. The highest BCUT2D eigenvalue weighted by Gasteiger charge is 2.27. The Hall–Kier alpha value is -1.30. The minimum Gasteiger partial charge on any atom is -0.357 e. The Kier molecular flexibility index (Phi) is 9.39. The van der Waals surface area contributed by atoms with Gasteiger partial charge in [0.1, 0.15) is 0 Å². The average molecular weight is 380 g/mol. The number of nitrogens with one attached hydrogen (secondary N) is 2. The fraction of sp³-hybridized carbons (Fsp3) is 0.905. The average Bonchev–Trinajstić information content (AvgIpc) is 3.13. The Morgan fingerprint density at radius 1 is 1.22 bits per heavy atom. The first kappa shape index (κ1) is 22.0. The third-order valence-corrected chi connectivity index (χ3v) is 5.82. The van der Waals surface area contributed by atoms with Crippen LogP contribution in [0, 0.1) is 5.92 Å². The maximum Gasteiger partial charge on any atom is 0.225 e. The minimum absolute atomic E-state index is 0.0757. The van der Waals surface area contributed by atoms with Gasteiger partial charge in [-0.2, -0.15) is 0 Å². The molecular formula is C21H41N5O. The van der Waals surface area contributed by atoms with Crippen LogP contribution in [0.3, 0.4) is 0 Å². The molecule has 1 aliphatic carbocycles. The Labute approximate surface area is 166 Å². The maximum absolute atomic E-state index is 12.2. The summed E-state index contributed by atoms with van der Waals surface area (Å²) in [5.74, 6) is 1.22. The van der Waals surface area contributed by atoms with Crippen LogP contribution in [0.4, 0.5) is 0 Å². The van der Waals surface area contributed by atoms with Gasteiger partial charge in [0, 0.05) is 44.2 Å². The molecule has 1 saturated carbocycles. The van der Waals surface area contributed by atoms with Crippen LogP contribution in [0.2, 0.25) is 0 Å². The highest BCUT2D eigenvalue weighted by atomic mass is 16.2. The molecule has 1 atom stereocenters. The highest BCUT2D eigenvalue weighted by molar-refractivity contribution is 5.81. The van der Waals surface area contributed by atoms with Crippen molar-refractivity contribution in [1.29, 1.82) is 0 Å². The molecule has 1 saturated heterocycles. The molecule has 0 bridgehead atoms. The van der Waals surface area contributed by atoms with E-state index in [1.165, 1.54) is 32.1 Å². The number of aliphatic imine (C=N–C) groups is 1. The second kappa shape index (κ2) is 11.5. The molecule has 1 aliphatic heterocycles. The summed E-state index contributed by atoms with van der Waals surface area (Å²) in [5, 5.41) is 6.87. The number of carbonyl (C=O) groups is 1. The molecule has 2 fully saturated rings. The topological polar surface area (TPSA) is 60.0 Å². The van der Waals surface area contributed by atoms with E-state index < -0.39 is 0 Å². The van der Waals surface area contributed by atoms with Crippen molar-refractivity contribution in [3.63, 3.8) is 0 Å². The van der Waals surface area contributed by atoms with Gasteiger partial charge < -0.3 is 20.4 Å². The fourth-order valence-electron chi connectivity index (χ4n) is 4.17. The minimum atomic E-state index is 0.0757. The lowest BCUT2D eigenvalue weighted by Gasteiger charge is -2.31. The van der Waals surface area contributed by atoms with Gasteiger partial charge in [-0.05, 0) is 46.2 Å². The standard InChI is InChI=1S/C21H41N5O/c1-5-22-21(24-18-12-15-26(16-18)20(27)17(2)3)23-13-9-14-25(4)19-10-7-6-8-11-19/h17-19H,5-16H2,1-4H3,(H2,22,23,24). The summed E-state index contributed by atoms with van der Waals surface area (Å²) in [6, 6.07) is 1.08. The van der Waals surface area contributed by atoms with Crippen LogP contribution in [0.25, 0.3) is 0 Å². The quantitative estimate of drug-likeness (QED) is 0.386. The van der Waals surface area contributed by atoms with Crippen molar-refractivity contribution in [3.05, 3.63) is 0 Å². The summed E-state index contributed by atoms with van der Waals surface area (Å²) >= 11 is 0. The molecule has 156 valence electrons. The largest absolute Gasteiger partial charge is 0.357 e. The Morgan fingerprint density at radius 2 is 1.96 bits per heavy atom. The molecule has 0 aromatic rings. The number of likely N-dealkylation sites (tertiary alicyclic amines) is 1. The smallest absolute Gasteiger partial charge is 0.225 e. The molecule has 2 N–H and O–H groups in total. The maximum atomic E-state index is 12.2. The zero-order valence-electron chi connectivity index (χ0n) is 18.0. The van der Waals surface area contributed by atoms with E-state index in [1.54, 1.807) is 0 Å². The first-order valence-electron chi connectivity index (χ1n) is 11.0. The van der Waals surface area contributed by atoms with Gasteiger partial charge in [-0.1, -0.05) is 33.1 Å². The van der Waals surface area contributed by atoms with Crippen molar-refractivity contribution in [2.45, 2.75) is 77.8 Å². The van der Waals surface area contributed by atoms with Crippen molar-refractivity contribution in [2.75, 3.05) is 39.8 Å². The van der Waals surface area contributed by atoms with Crippen LogP contribution in [-0.4, -0.2) is 73.5 Å². The molecule has 0 aromatic heterocycles. The van der Waals surface area contributed by atoms with E-state index in [4.69, 9.17) is 4.99 Å². The highest BCUT2D eigenvalue weighted by Crippen LogP contribution is 2.21. The monoisotopic (exact) mass is 379 g/mol. The number of guanidine groups is 1. The van der Waals surface area contributed by atoms with Gasteiger partial charge in [0.25, 0.3) is 0 Å². The fourth-order valence-corrected chi connectivity index (χ4v) is 4.17. The van der Waals surface area contributed by atoms with E-state index >= 15 is 0 Å². The summed E-state index contributed by atoms with van der Waals surface area (Å²) < 4.78 is 0. The van der Waals surface area contributed by atoms with E-state index in [1.807, 2.05) is 18.7 Å². The Bertz CT molecular complexity index is 473. The van der Waals surface area contributed by atoms with Gasteiger partial charge in [-0.3, -0.25) is 9.79 Å². The summed E-state index contributed by atoms with van der Waals surface area (Å²) in [5.41, 5.74) is 0. The molecule has 6 nitrogen and oxygen atoms in total. The number of hydrogen-bond donors (Lipinski definition) is 2. The van der Waals surface area contributed by atoms with Gasteiger partial charge in [0.2, 0.25) is 5.91 Å². The molecule has 2 rings (SSSR count). The van der Waals surface area contributed by atoms with Gasteiger partial charge in [0.05, 0.1) is 0 Å². The second-order valence-corrected chi connectivity index (χ2v) is 8.46. The van der Waals surface area contributed by atoms with Crippen LogP contribution in [-0.2, 0) is 4.79 Å². The van der Waals surface area contributed by atoms with Gasteiger partial charge >= 0.3 is 0 Å². The lowest BCUT2D eigenvalue weighted by molar-refractivity contribution is -0.133. The van der Waals surface area contributed by atoms with Crippen molar-refractivity contribution in [1.82, 2.24) is 20.4 Å². The van der Waals surface area contributed by atoms with E-state index in [9.17, 15) is 4.79 Å². The molecule has 0 radical (unpaired) electrons. The zero-order valence-corrected chi connectivity index (χ0v) is 18.0. The number of carbonyl (C=O) groups excluding carboxylic acids is 1. The second-order valence-electron chi connectivity index (χ2n) is 8.46. The molecular weight excluding hydrogens is 338 g/mol. The summed E-state index contributed by atoms with van der Waals surface area (Å²) in [4.78, 5) is 21.4. The van der Waals surface area contributed by atoms with E-state index in [0.29, 0.717) is 6.04 Å². The van der Waals surface area contributed by atoms with Gasteiger partial charge in [0.15, 0.2) is 5.96 Å². The van der Waals surface area contributed by atoms with Crippen LogP contribution in [0.15, 0.2) is 4.99 Å². The molecule has 1 amide bonds. The van der Waals surface area contributed by atoms with Crippen molar-refractivity contribution in [2.24, 2.45) is 10.9 Å². The third-order valence-electron chi connectivity index (χ3n) is 5.82. The number of rotatable bonds is 8. The van der Waals surface area contributed by atoms with Gasteiger partial charge in [-0.25, -0.2) is 0 Å². The summed E-state index contributed by atoms with van der Waals surface area (Å²) in [6.07, 6.45) is 8.99. The first-order chi connectivity index (χ1) is 13.0. The molecule has 2 aliphatic rings. The normalized spacial score (nSPS) is 21.9. The molecule has 1 unspecified atom stereocenters. The number of nitrogens with zero attached hydrogens (tertiary/aromatic N) is 3. The molecule has 1 heterocycles. The van der Waals surface area contributed by atoms with E-state index in [2.05, 4.69) is 29.5 Å². The predicted octanol–water partition coefficient (Wildman–Crippen LogP) is 2.45. The van der Waals surface area contributed by atoms with Crippen molar-refractivity contribution >= 4 is 11.9 Å². The SMILES string of the molecule is CCNC(=NCCCN(C)C1CCCCC1)NC1CCN(C(=O)C(C)C)C1. The van der Waals surface area contributed by atoms with Crippen LogP contribution < -0.4 is 10.6 Å². The Balaban J connectivity index is 1.73. The van der Waals surface area contributed by atoms with Crippen LogP contribution in [0.5, 0.6) is 0 Å². The van der Waals surface area contributed by atoms with Crippen LogP contribution in [0.1, 0.15) is 65.7 Å². The summed E-state index contributed by atoms with van der Waals surface area (Å²) in [6.45, 7) is 10.5. The summed E-state index contributed by atoms with van der Waals surface area (Å²) in [7, 11) is 2.27. The molecule has 0 spiro atoms. The molecule has 27 heavy (non-hydrogen) atoms.